The van der Waals surface area contributed by atoms with Crippen molar-refractivity contribution in [2.24, 2.45) is 7.05 Å². The van der Waals surface area contributed by atoms with Crippen molar-refractivity contribution in [2.45, 2.75) is 31.8 Å². The fraction of sp³-hybridized carbons (Fsp3) is 0.474. The lowest BCUT2D eigenvalue weighted by Gasteiger charge is -2.27. The van der Waals surface area contributed by atoms with Crippen molar-refractivity contribution >= 4 is 6.03 Å². The van der Waals surface area contributed by atoms with Crippen LogP contribution in [-0.4, -0.2) is 42.0 Å². The van der Waals surface area contributed by atoms with Crippen LogP contribution in [0.5, 0.6) is 11.5 Å². The maximum atomic E-state index is 12.6. The van der Waals surface area contributed by atoms with Crippen LogP contribution in [0.2, 0.25) is 0 Å². The Labute approximate surface area is 153 Å². The van der Waals surface area contributed by atoms with Gasteiger partial charge in [0.25, 0.3) is 0 Å². The van der Waals surface area contributed by atoms with Crippen LogP contribution >= 0.6 is 0 Å². The molecule has 2 amide bonds. The number of carbonyl (C=O) groups excluding carboxylic acids is 1. The highest BCUT2D eigenvalue weighted by atomic mass is 16.5. The molecule has 1 heterocycles. The first-order valence-corrected chi connectivity index (χ1v) is 8.76. The lowest BCUT2D eigenvalue weighted by molar-refractivity contribution is 0.201. The molecule has 1 aliphatic carbocycles. The minimum absolute atomic E-state index is 0.0211. The molecule has 140 valence electrons. The first-order valence-electron chi connectivity index (χ1n) is 8.76. The molecule has 26 heavy (non-hydrogen) atoms. The van der Waals surface area contributed by atoms with Crippen LogP contribution in [0.25, 0.3) is 0 Å². The summed E-state index contributed by atoms with van der Waals surface area (Å²) in [5.74, 6) is 1.33. The molecule has 1 aromatic heterocycles. The second-order valence-corrected chi connectivity index (χ2v) is 6.61. The van der Waals surface area contributed by atoms with E-state index < -0.39 is 0 Å². The van der Waals surface area contributed by atoms with Crippen molar-refractivity contribution < 1.29 is 14.3 Å². The lowest BCUT2D eigenvalue weighted by Crippen LogP contribution is -2.40. The Balaban J connectivity index is 1.66. The number of rotatable bonds is 5. The Hall–Kier alpha value is -2.70. The summed E-state index contributed by atoms with van der Waals surface area (Å²) in [6, 6.07) is 5.60. The van der Waals surface area contributed by atoms with Gasteiger partial charge in [-0.15, -0.1) is 0 Å². The van der Waals surface area contributed by atoms with Crippen LogP contribution < -0.4 is 14.8 Å². The van der Waals surface area contributed by atoms with Crippen molar-refractivity contribution in [3.05, 3.63) is 41.2 Å². The van der Waals surface area contributed by atoms with Crippen LogP contribution in [0.4, 0.5) is 4.79 Å². The third-order valence-corrected chi connectivity index (χ3v) is 4.89. The van der Waals surface area contributed by atoms with Gasteiger partial charge in [0.2, 0.25) is 0 Å². The van der Waals surface area contributed by atoms with Crippen LogP contribution in [0.15, 0.2) is 24.4 Å². The normalized spacial score (nSPS) is 15.9. The van der Waals surface area contributed by atoms with E-state index in [1.807, 2.05) is 36.1 Å². The molecule has 1 aliphatic rings. The predicted molar refractivity (Wildman–Crippen MR) is 98.4 cm³/mol. The molecule has 1 N–H and O–H groups in total. The molecule has 0 bridgehead atoms. The van der Waals surface area contributed by atoms with Gasteiger partial charge in [-0.1, -0.05) is 6.07 Å². The van der Waals surface area contributed by atoms with E-state index >= 15 is 0 Å². The summed E-state index contributed by atoms with van der Waals surface area (Å²) in [5.41, 5.74) is 3.32. The monoisotopic (exact) mass is 358 g/mol. The van der Waals surface area contributed by atoms with Gasteiger partial charge in [0, 0.05) is 31.9 Å². The molecule has 0 unspecified atom stereocenters. The molecule has 0 radical (unpaired) electrons. The molecule has 0 fully saturated rings. The second-order valence-electron chi connectivity index (χ2n) is 6.61. The number of aryl methyl sites for hydroxylation is 1. The number of urea groups is 1. The molecule has 0 saturated carbocycles. The number of hydrogen-bond acceptors (Lipinski definition) is 4. The first-order chi connectivity index (χ1) is 12.5. The van der Waals surface area contributed by atoms with Gasteiger partial charge in [-0.3, -0.25) is 4.68 Å². The van der Waals surface area contributed by atoms with Gasteiger partial charge in [-0.05, 0) is 37.0 Å². The number of ether oxygens (including phenoxy) is 2. The minimum atomic E-state index is -0.0958. The molecule has 1 aromatic carbocycles. The number of nitrogens with one attached hydrogen (secondary N) is 1. The summed E-state index contributed by atoms with van der Waals surface area (Å²) in [6.45, 7) is 0.485. The van der Waals surface area contributed by atoms with E-state index in [1.165, 1.54) is 5.69 Å². The van der Waals surface area contributed by atoms with Gasteiger partial charge in [-0.25, -0.2) is 4.79 Å². The minimum Gasteiger partial charge on any atom is -0.493 e. The average Bonchev–Trinajstić information content (AvgIpc) is 3.03. The summed E-state index contributed by atoms with van der Waals surface area (Å²) in [7, 11) is 6.95. The molecule has 0 saturated heterocycles. The Morgan fingerprint density at radius 1 is 1.35 bits per heavy atom. The number of amides is 2. The SMILES string of the molecule is COc1ccc(CN(C)C(=O)N[C@H]2CCCc3c2cnn3C)cc1OC. The predicted octanol–water partition coefficient (Wildman–Crippen LogP) is 2.66. The molecular weight excluding hydrogens is 332 g/mol. The molecule has 7 nitrogen and oxygen atoms in total. The fourth-order valence-corrected chi connectivity index (χ4v) is 3.44. The zero-order chi connectivity index (χ0) is 18.7. The Morgan fingerprint density at radius 3 is 2.85 bits per heavy atom. The molecule has 7 heteroatoms. The summed E-state index contributed by atoms with van der Waals surface area (Å²) in [5, 5.41) is 7.47. The molecule has 1 atom stereocenters. The molecular formula is C19H26N4O3. The average molecular weight is 358 g/mol. The van der Waals surface area contributed by atoms with E-state index in [9.17, 15) is 4.79 Å². The van der Waals surface area contributed by atoms with E-state index in [1.54, 1.807) is 26.2 Å². The zero-order valence-electron chi connectivity index (χ0n) is 15.8. The van der Waals surface area contributed by atoms with E-state index in [0.29, 0.717) is 18.0 Å². The van der Waals surface area contributed by atoms with Gasteiger partial charge < -0.3 is 19.7 Å². The van der Waals surface area contributed by atoms with Gasteiger partial charge in [0.1, 0.15) is 0 Å². The smallest absolute Gasteiger partial charge is 0.317 e. The fourth-order valence-electron chi connectivity index (χ4n) is 3.44. The summed E-state index contributed by atoms with van der Waals surface area (Å²) >= 11 is 0. The van der Waals surface area contributed by atoms with E-state index in [0.717, 1.165) is 30.4 Å². The number of nitrogens with zero attached hydrogens (tertiary/aromatic N) is 3. The van der Waals surface area contributed by atoms with Gasteiger partial charge in [0.05, 0.1) is 26.5 Å². The standard InChI is InChI=1S/C19H26N4O3/c1-22(12-13-8-9-17(25-3)18(10-13)26-4)19(24)21-15-6-5-7-16-14(15)11-20-23(16)2/h8-11,15H,5-7,12H2,1-4H3,(H,21,24)/t15-/m0/s1. The van der Waals surface area contributed by atoms with E-state index in [-0.39, 0.29) is 12.1 Å². The number of benzene rings is 1. The topological polar surface area (TPSA) is 68.6 Å². The second kappa shape index (κ2) is 7.68. The summed E-state index contributed by atoms with van der Waals surface area (Å²) in [6.07, 6.45) is 4.87. The maximum Gasteiger partial charge on any atom is 0.317 e. The molecule has 0 spiro atoms. The quantitative estimate of drug-likeness (QED) is 0.892. The highest BCUT2D eigenvalue weighted by Crippen LogP contribution is 2.30. The highest BCUT2D eigenvalue weighted by Gasteiger charge is 2.25. The number of methoxy groups -OCH3 is 2. The summed E-state index contributed by atoms with van der Waals surface area (Å²) in [4.78, 5) is 14.3. The zero-order valence-corrected chi connectivity index (χ0v) is 15.8. The number of hydrogen-bond donors (Lipinski definition) is 1. The first kappa shape index (κ1) is 18.1. The molecule has 3 rings (SSSR count). The highest BCUT2D eigenvalue weighted by molar-refractivity contribution is 5.74. The third-order valence-electron chi connectivity index (χ3n) is 4.89. The van der Waals surface area contributed by atoms with Crippen molar-refractivity contribution in [2.75, 3.05) is 21.3 Å². The van der Waals surface area contributed by atoms with Crippen LogP contribution in [0, 0.1) is 0 Å². The Kier molecular flexibility index (Phi) is 5.35. The largest absolute Gasteiger partial charge is 0.493 e. The van der Waals surface area contributed by atoms with Crippen molar-refractivity contribution in [3.8, 4) is 11.5 Å². The van der Waals surface area contributed by atoms with Crippen molar-refractivity contribution in [3.63, 3.8) is 0 Å². The number of aromatic nitrogens is 2. The van der Waals surface area contributed by atoms with Crippen LogP contribution in [0.1, 0.15) is 35.7 Å². The van der Waals surface area contributed by atoms with Crippen molar-refractivity contribution in [1.29, 1.82) is 0 Å². The lowest BCUT2D eigenvalue weighted by atomic mass is 9.93. The van der Waals surface area contributed by atoms with Gasteiger partial charge in [0.15, 0.2) is 11.5 Å². The summed E-state index contributed by atoms with van der Waals surface area (Å²) < 4.78 is 12.5. The van der Waals surface area contributed by atoms with E-state index in [2.05, 4.69) is 10.4 Å². The molecule has 2 aromatic rings. The third kappa shape index (κ3) is 3.61. The Morgan fingerprint density at radius 2 is 2.12 bits per heavy atom. The number of carbonyl (C=O) groups is 1. The maximum absolute atomic E-state index is 12.6. The van der Waals surface area contributed by atoms with Crippen LogP contribution in [-0.2, 0) is 20.0 Å². The van der Waals surface area contributed by atoms with E-state index in [4.69, 9.17) is 9.47 Å². The molecule has 0 aliphatic heterocycles. The Bertz CT molecular complexity index is 787. The van der Waals surface area contributed by atoms with Crippen molar-refractivity contribution in [1.82, 2.24) is 20.0 Å². The van der Waals surface area contributed by atoms with Gasteiger partial charge in [-0.2, -0.15) is 5.10 Å². The van der Waals surface area contributed by atoms with Gasteiger partial charge >= 0.3 is 6.03 Å². The number of fused-ring (bicyclic) bond motifs is 1. The van der Waals surface area contributed by atoms with Crippen LogP contribution in [0.3, 0.4) is 0 Å².